The van der Waals surface area contributed by atoms with Gasteiger partial charge in [-0.15, -0.1) is 0 Å². The van der Waals surface area contributed by atoms with E-state index >= 15 is 0 Å². The molecule has 12 heavy (non-hydrogen) atoms. The van der Waals surface area contributed by atoms with Crippen molar-refractivity contribution >= 4 is 17.8 Å². The summed E-state index contributed by atoms with van der Waals surface area (Å²) in [5.41, 5.74) is 0. The second-order valence-corrected chi connectivity index (χ2v) is 3.78. The van der Waals surface area contributed by atoms with Gasteiger partial charge in [0, 0.05) is 20.1 Å². The maximum absolute atomic E-state index is 11.1. The van der Waals surface area contributed by atoms with E-state index in [9.17, 15) is 4.79 Å². The molecule has 0 spiro atoms. The highest BCUT2D eigenvalue weighted by atomic mass is 32.2. The number of urea groups is 1. The predicted octanol–water partition coefficient (Wildman–Crippen LogP) is 1.40. The molecule has 0 aliphatic heterocycles. The smallest absolute Gasteiger partial charge is 0.317 e. The summed E-state index contributed by atoms with van der Waals surface area (Å²) in [5.74, 6) is 1.10. The van der Waals surface area contributed by atoms with Gasteiger partial charge in [-0.05, 0) is 25.4 Å². The van der Waals surface area contributed by atoms with Gasteiger partial charge in [0.1, 0.15) is 0 Å². The fourth-order valence-corrected chi connectivity index (χ4v) is 1.44. The Hall–Kier alpha value is -0.380. The Morgan fingerprint density at radius 2 is 2.25 bits per heavy atom. The van der Waals surface area contributed by atoms with Crippen LogP contribution in [0.4, 0.5) is 4.79 Å². The summed E-state index contributed by atoms with van der Waals surface area (Å²) in [7, 11) is 3.48. The minimum atomic E-state index is -0.0106. The summed E-state index contributed by atoms with van der Waals surface area (Å²) in [5, 5.41) is 2.60. The number of amides is 2. The molecule has 0 aromatic heterocycles. The molecule has 2 amide bonds. The van der Waals surface area contributed by atoms with Crippen molar-refractivity contribution in [3.63, 3.8) is 0 Å². The Bertz CT molecular complexity index is 141. The van der Waals surface area contributed by atoms with Crippen LogP contribution in [0.5, 0.6) is 0 Å². The van der Waals surface area contributed by atoms with Gasteiger partial charge in [-0.2, -0.15) is 11.8 Å². The molecule has 0 saturated heterocycles. The highest BCUT2D eigenvalue weighted by molar-refractivity contribution is 7.98. The summed E-state index contributed by atoms with van der Waals surface area (Å²) in [4.78, 5) is 12.9. The molecule has 1 N–H and O–H groups in total. The Morgan fingerprint density at radius 3 is 2.67 bits per heavy atom. The summed E-state index contributed by atoms with van der Waals surface area (Å²) in [6, 6.07) is 0.306. The number of rotatable bonds is 4. The Morgan fingerprint density at radius 1 is 1.67 bits per heavy atom. The van der Waals surface area contributed by atoms with Gasteiger partial charge >= 0.3 is 6.03 Å². The van der Waals surface area contributed by atoms with Crippen molar-refractivity contribution in [2.45, 2.75) is 19.4 Å². The maximum atomic E-state index is 11.1. The molecule has 0 saturated carbocycles. The summed E-state index contributed by atoms with van der Waals surface area (Å²) in [6.45, 7) is 2.06. The largest absolute Gasteiger partial charge is 0.341 e. The van der Waals surface area contributed by atoms with Crippen molar-refractivity contribution < 1.29 is 4.79 Å². The Labute approximate surface area is 78.9 Å². The zero-order chi connectivity index (χ0) is 9.56. The van der Waals surface area contributed by atoms with Crippen molar-refractivity contribution in [2.75, 3.05) is 26.1 Å². The van der Waals surface area contributed by atoms with Crippen LogP contribution in [-0.2, 0) is 0 Å². The summed E-state index contributed by atoms with van der Waals surface area (Å²) < 4.78 is 0. The molecule has 0 aliphatic rings. The van der Waals surface area contributed by atoms with Crippen LogP contribution in [0.3, 0.4) is 0 Å². The summed E-state index contributed by atoms with van der Waals surface area (Å²) >= 11 is 1.81. The number of thioether (sulfide) groups is 1. The molecular formula is C8H18N2OS. The van der Waals surface area contributed by atoms with E-state index in [-0.39, 0.29) is 6.03 Å². The molecule has 0 aromatic carbocycles. The van der Waals surface area contributed by atoms with Crippen molar-refractivity contribution in [3.8, 4) is 0 Å². The average molecular weight is 190 g/mol. The molecule has 3 nitrogen and oxygen atoms in total. The zero-order valence-electron chi connectivity index (χ0n) is 8.26. The van der Waals surface area contributed by atoms with E-state index in [2.05, 4.69) is 18.5 Å². The number of hydrogen-bond donors (Lipinski definition) is 1. The molecule has 1 atom stereocenters. The van der Waals surface area contributed by atoms with Crippen LogP contribution in [0.25, 0.3) is 0 Å². The topological polar surface area (TPSA) is 32.3 Å². The molecule has 0 heterocycles. The maximum Gasteiger partial charge on any atom is 0.317 e. The number of nitrogens with one attached hydrogen (secondary N) is 1. The van der Waals surface area contributed by atoms with Gasteiger partial charge in [0.15, 0.2) is 0 Å². The molecular weight excluding hydrogens is 172 g/mol. The first-order chi connectivity index (χ1) is 5.63. The number of nitrogens with zero attached hydrogens (tertiary/aromatic N) is 1. The SMILES string of the molecule is CNC(=O)N(C)C(C)CCSC. The van der Waals surface area contributed by atoms with E-state index < -0.39 is 0 Å². The highest BCUT2D eigenvalue weighted by Gasteiger charge is 2.12. The number of hydrogen-bond acceptors (Lipinski definition) is 2. The van der Waals surface area contributed by atoms with Gasteiger partial charge in [-0.25, -0.2) is 4.79 Å². The first kappa shape index (κ1) is 11.6. The fraction of sp³-hybridized carbons (Fsp3) is 0.875. The quantitative estimate of drug-likeness (QED) is 0.726. The van der Waals surface area contributed by atoms with Crippen LogP contribution in [0.2, 0.25) is 0 Å². The lowest BCUT2D eigenvalue weighted by atomic mass is 10.2. The lowest BCUT2D eigenvalue weighted by Gasteiger charge is -2.23. The number of carbonyl (C=O) groups excluding carboxylic acids is 1. The highest BCUT2D eigenvalue weighted by Crippen LogP contribution is 2.05. The van der Waals surface area contributed by atoms with Crippen molar-refractivity contribution in [1.82, 2.24) is 10.2 Å². The molecule has 0 radical (unpaired) electrons. The Kier molecular flexibility index (Phi) is 5.98. The van der Waals surface area contributed by atoms with Crippen molar-refractivity contribution in [3.05, 3.63) is 0 Å². The third kappa shape index (κ3) is 3.85. The second kappa shape index (κ2) is 6.17. The van der Waals surface area contributed by atoms with Crippen LogP contribution in [0.15, 0.2) is 0 Å². The van der Waals surface area contributed by atoms with Crippen LogP contribution in [0, 0.1) is 0 Å². The van der Waals surface area contributed by atoms with Crippen LogP contribution < -0.4 is 5.32 Å². The molecule has 0 rings (SSSR count). The first-order valence-corrected chi connectivity index (χ1v) is 5.46. The normalized spacial score (nSPS) is 12.3. The van der Waals surface area contributed by atoms with Gasteiger partial charge in [0.2, 0.25) is 0 Å². The van der Waals surface area contributed by atoms with E-state index in [0.717, 1.165) is 12.2 Å². The van der Waals surface area contributed by atoms with Gasteiger partial charge in [-0.1, -0.05) is 0 Å². The standard InChI is InChI=1S/C8H18N2OS/c1-7(5-6-12-4)10(3)8(11)9-2/h7H,5-6H2,1-4H3,(H,9,11). The first-order valence-electron chi connectivity index (χ1n) is 4.07. The van der Waals surface area contributed by atoms with Gasteiger partial charge < -0.3 is 10.2 Å². The predicted molar refractivity (Wildman–Crippen MR) is 54.7 cm³/mol. The average Bonchev–Trinajstić information content (AvgIpc) is 2.11. The van der Waals surface area contributed by atoms with Crippen molar-refractivity contribution in [1.29, 1.82) is 0 Å². The zero-order valence-corrected chi connectivity index (χ0v) is 9.07. The molecule has 72 valence electrons. The van der Waals surface area contributed by atoms with E-state index in [1.54, 1.807) is 11.9 Å². The lowest BCUT2D eigenvalue weighted by molar-refractivity contribution is 0.195. The molecule has 0 aromatic rings. The second-order valence-electron chi connectivity index (χ2n) is 2.80. The van der Waals surface area contributed by atoms with E-state index in [4.69, 9.17) is 0 Å². The number of carbonyl (C=O) groups is 1. The van der Waals surface area contributed by atoms with Gasteiger partial charge in [0.25, 0.3) is 0 Å². The molecule has 0 bridgehead atoms. The van der Waals surface area contributed by atoms with Gasteiger partial charge in [0.05, 0.1) is 0 Å². The molecule has 0 fully saturated rings. The molecule has 4 heteroatoms. The minimum absolute atomic E-state index is 0.0106. The molecule has 0 aliphatic carbocycles. The monoisotopic (exact) mass is 190 g/mol. The van der Waals surface area contributed by atoms with E-state index in [0.29, 0.717) is 6.04 Å². The summed E-state index contributed by atoms with van der Waals surface area (Å²) in [6.07, 6.45) is 3.12. The lowest BCUT2D eigenvalue weighted by Crippen LogP contribution is -2.41. The third-order valence-corrected chi connectivity index (χ3v) is 2.58. The van der Waals surface area contributed by atoms with Crippen LogP contribution in [-0.4, -0.2) is 43.1 Å². The van der Waals surface area contributed by atoms with E-state index in [1.165, 1.54) is 0 Å². The molecule has 1 unspecified atom stereocenters. The van der Waals surface area contributed by atoms with Crippen molar-refractivity contribution in [2.24, 2.45) is 0 Å². The van der Waals surface area contributed by atoms with E-state index in [1.807, 2.05) is 18.8 Å². The van der Waals surface area contributed by atoms with Gasteiger partial charge in [-0.3, -0.25) is 0 Å². The Balaban J connectivity index is 3.75. The fourth-order valence-electron chi connectivity index (χ4n) is 0.859. The minimum Gasteiger partial charge on any atom is -0.341 e. The van der Waals surface area contributed by atoms with Crippen LogP contribution >= 0.6 is 11.8 Å². The van der Waals surface area contributed by atoms with Crippen LogP contribution in [0.1, 0.15) is 13.3 Å². The third-order valence-electron chi connectivity index (χ3n) is 1.94.